The molecule has 0 saturated carbocycles. The van der Waals surface area contributed by atoms with E-state index in [0.717, 1.165) is 122 Å². The first-order chi connectivity index (χ1) is 35.0. The first-order valence-electron chi connectivity index (χ1n) is 28.7. The van der Waals surface area contributed by atoms with Crippen LogP contribution in [0.2, 0.25) is 0 Å². The molecule has 1 unspecified atom stereocenters. The van der Waals surface area contributed by atoms with Crippen molar-refractivity contribution in [2.45, 2.75) is 245 Å². The van der Waals surface area contributed by atoms with Crippen molar-refractivity contribution < 1.29 is 28.6 Å². The summed E-state index contributed by atoms with van der Waals surface area (Å²) in [5.74, 6) is -0.980. The van der Waals surface area contributed by atoms with E-state index in [-0.39, 0.29) is 37.5 Å². The summed E-state index contributed by atoms with van der Waals surface area (Å²) in [5, 5.41) is 0. The molecule has 0 saturated heterocycles. The summed E-state index contributed by atoms with van der Waals surface area (Å²) in [6.45, 7) is 6.33. The fourth-order valence-corrected chi connectivity index (χ4v) is 7.42. The largest absolute Gasteiger partial charge is 0.462 e. The Morgan fingerprint density at radius 1 is 0.296 bits per heavy atom. The third-order valence-corrected chi connectivity index (χ3v) is 11.7. The maximum Gasteiger partial charge on any atom is 0.306 e. The average Bonchev–Trinajstić information content (AvgIpc) is 3.37. The predicted molar refractivity (Wildman–Crippen MR) is 306 cm³/mol. The minimum absolute atomic E-state index is 0.102. The van der Waals surface area contributed by atoms with E-state index < -0.39 is 6.10 Å². The zero-order chi connectivity index (χ0) is 51.4. The van der Waals surface area contributed by atoms with Gasteiger partial charge in [0.25, 0.3) is 0 Å². The molecule has 0 heterocycles. The Morgan fingerprint density at radius 3 is 0.915 bits per heavy atom. The molecule has 0 aromatic carbocycles. The highest BCUT2D eigenvalue weighted by molar-refractivity contribution is 5.71. The zero-order valence-electron chi connectivity index (χ0n) is 45.7. The minimum atomic E-state index is -0.809. The van der Waals surface area contributed by atoms with Gasteiger partial charge in [-0.25, -0.2) is 0 Å². The lowest BCUT2D eigenvalue weighted by molar-refractivity contribution is -0.167. The Labute approximate surface area is 436 Å². The van der Waals surface area contributed by atoms with Gasteiger partial charge in [0.2, 0.25) is 0 Å². The van der Waals surface area contributed by atoms with Gasteiger partial charge in [-0.3, -0.25) is 14.4 Å². The highest BCUT2D eigenvalue weighted by Gasteiger charge is 2.19. The van der Waals surface area contributed by atoms with Crippen LogP contribution in [0.1, 0.15) is 239 Å². The molecule has 0 spiro atoms. The van der Waals surface area contributed by atoms with Crippen molar-refractivity contribution in [2.75, 3.05) is 13.2 Å². The molecule has 0 amide bonds. The molecule has 0 aromatic rings. The van der Waals surface area contributed by atoms with Gasteiger partial charge >= 0.3 is 17.9 Å². The van der Waals surface area contributed by atoms with Gasteiger partial charge in [-0.15, -0.1) is 0 Å². The molecule has 400 valence electrons. The zero-order valence-corrected chi connectivity index (χ0v) is 45.7. The van der Waals surface area contributed by atoms with E-state index >= 15 is 0 Å². The maximum atomic E-state index is 12.8. The van der Waals surface area contributed by atoms with E-state index in [0.29, 0.717) is 19.3 Å². The van der Waals surface area contributed by atoms with Crippen LogP contribution in [0.3, 0.4) is 0 Å². The lowest BCUT2D eigenvalue weighted by Crippen LogP contribution is -2.30. The average molecular weight is 982 g/mol. The van der Waals surface area contributed by atoms with Crippen LogP contribution in [0.4, 0.5) is 0 Å². The maximum absolute atomic E-state index is 12.8. The molecule has 71 heavy (non-hydrogen) atoms. The summed E-state index contributed by atoms with van der Waals surface area (Å²) in [5.41, 5.74) is 0. The number of allylic oxidation sites excluding steroid dienone is 22. The Morgan fingerprint density at radius 2 is 0.563 bits per heavy atom. The van der Waals surface area contributed by atoms with Crippen LogP contribution in [0, 0.1) is 0 Å². The van der Waals surface area contributed by atoms with Crippen molar-refractivity contribution in [3.05, 3.63) is 134 Å². The number of carbonyl (C=O) groups excluding carboxylic acids is 3. The van der Waals surface area contributed by atoms with Gasteiger partial charge in [-0.1, -0.05) is 244 Å². The predicted octanol–water partition coefficient (Wildman–Crippen LogP) is 19.4. The topological polar surface area (TPSA) is 78.9 Å². The van der Waals surface area contributed by atoms with Crippen LogP contribution < -0.4 is 0 Å². The molecule has 0 aromatic heterocycles. The second kappa shape index (κ2) is 58.1. The number of esters is 3. The van der Waals surface area contributed by atoms with Gasteiger partial charge in [0.1, 0.15) is 13.2 Å². The summed E-state index contributed by atoms with van der Waals surface area (Å²) in [4.78, 5) is 38.0. The van der Waals surface area contributed by atoms with Crippen LogP contribution in [-0.2, 0) is 28.6 Å². The summed E-state index contributed by atoms with van der Waals surface area (Å²) in [7, 11) is 0. The molecule has 0 bridgehead atoms. The second-order valence-corrected chi connectivity index (χ2v) is 18.4. The number of hydrogen-bond acceptors (Lipinski definition) is 6. The molecule has 0 aliphatic heterocycles. The molecule has 0 radical (unpaired) electrons. The van der Waals surface area contributed by atoms with Gasteiger partial charge in [0, 0.05) is 19.3 Å². The van der Waals surface area contributed by atoms with Crippen LogP contribution in [0.25, 0.3) is 0 Å². The highest BCUT2D eigenvalue weighted by atomic mass is 16.6. The van der Waals surface area contributed by atoms with E-state index in [1.165, 1.54) is 70.6 Å². The fourth-order valence-electron chi connectivity index (χ4n) is 7.42. The summed E-state index contributed by atoms with van der Waals surface area (Å²) >= 11 is 0. The molecule has 0 N–H and O–H groups in total. The third-order valence-electron chi connectivity index (χ3n) is 11.7. The third kappa shape index (κ3) is 56.3. The number of ether oxygens (including phenoxy) is 3. The molecule has 6 heteroatoms. The van der Waals surface area contributed by atoms with Crippen molar-refractivity contribution in [3.8, 4) is 0 Å². The molecule has 0 fully saturated rings. The van der Waals surface area contributed by atoms with Crippen molar-refractivity contribution in [1.29, 1.82) is 0 Å². The number of rotatable bonds is 50. The number of carbonyl (C=O) groups is 3. The van der Waals surface area contributed by atoms with Crippen molar-refractivity contribution in [2.24, 2.45) is 0 Å². The monoisotopic (exact) mass is 981 g/mol. The molecule has 0 aliphatic carbocycles. The van der Waals surface area contributed by atoms with Crippen molar-refractivity contribution >= 4 is 17.9 Å². The first-order valence-corrected chi connectivity index (χ1v) is 28.7. The quantitative estimate of drug-likeness (QED) is 0.0262. The van der Waals surface area contributed by atoms with E-state index in [4.69, 9.17) is 14.2 Å². The van der Waals surface area contributed by atoms with Gasteiger partial charge in [-0.2, -0.15) is 0 Å². The normalized spacial score (nSPS) is 13.1. The van der Waals surface area contributed by atoms with E-state index in [9.17, 15) is 14.4 Å². The fraction of sp³-hybridized carbons (Fsp3) is 0.615. The smallest absolute Gasteiger partial charge is 0.306 e. The SMILES string of the molecule is CC/C=C\C/C=C\C/C=C\C/C=C\C/C=C\C/C=C\C/C=C\CCCC(=O)OCC(COC(=O)CCCCCCCCCCC)OC(=O)CCCCCCCCCC/C=C\C/C=C\C/C=C\C/C=C\CC. The molecule has 6 nitrogen and oxygen atoms in total. The Balaban J connectivity index is 4.42. The van der Waals surface area contributed by atoms with E-state index in [2.05, 4.69) is 154 Å². The minimum Gasteiger partial charge on any atom is -0.462 e. The molecule has 0 aliphatic rings. The standard InChI is InChI=1S/C65H104O6/c1-4-7-10-13-16-19-21-23-25-27-29-31-32-34-35-37-39-41-43-46-49-52-55-58-64(67)70-61-62(60-69-63(66)57-54-51-48-45-18-15-12-9-6-3)71-65(68)59-56-53-50-47-44-42-40-38-36-33-30-28-26-24-22-20-17-14-11-8-5-2/h7-8,10-11,16-17,19-20,23-26,29-31,33-35,39,41,46,49,62H,4-6,9,12-15,18,21-22,27-28,32,36-38,40,42-45,47-48,50-61H2,1-3H3/b10-7-,11-8-,19-16-,20-17-,25-23-,26-24-,31-29-,33-30-,35-34-,41-39-,49-46-. The first kappa shape index (κ1) is 66.6. The van der Waals surface area contributed by atoms with Crippen molar-refractivity contribution in [3.63, 3.8) is 0 Å². The molecule has 0 rings (SSSR count). The highest BCUT2D eigenvalue weighted by Crippen LogP contribution is 2.14. The van der Waals surface area contributed by atoms with E-state index in [1.807, 2.05) is 0 Å². The Kier molecular flexibility index (Phi) is 54.5. The van der Waals surface area contributed by atoms with E-state index in [1.54, 1.807) is 0 Å². The lowest BCUT2D eigenvalue weighted by Gasteiger charge is -2.18. The van der Waals surface area contributed by atoms with Gasteiger partial charge in [0.05, 0.1) is 0 Å². The van der Waals surface area contributed by atoms with Crippen LogP contribution in [-0.4, -0.2) is 37.2 Å². The Hall–Kier alpha value is -4.45. The second-order valence-electron chi connectivity index (χ2n) is 18.4. The Bertz CT molecular complexity index is 1550. The molecular formula is C65H104O6. The summed E-state index contributed by atoms with van der Waals surface area (Å²) in [6, 6.07) is 0. The van der Waals surface area contributed by atoms with Crippen LogP contribution in [0.5, 0.6) is 0 Å². The van der Waals surface area contributed by atoms with Crippen LogP contribution >= 0.6 is 0 Å². The van der Waals surface area contributed by atoms with Gasteiger partial charge < -0.3 is 14.2 Å². The summed E-state index contributed by atoms with van der Waals surface area (Å²) < 4.78 is 16.8. The van der Waals surface area contributed by atoms with Gasteiger partial charge in [-0.05, 0) is 109 Å². The lowest BCUT2D eigenvalue weighted by atomic mass is 10.1. The molecular weight excluding hydrogens is 877 g/mol. The number of hydrogen-bond donors (Lipinski definition) is 0. The molecule has 1 atom stereocenters. The van der Waals surface area contributed by atoms with Gasteiger partial charge in [0.15, 0.2) is 6.10 Å². The number of unbranched alkanes of at least 4 members (excludes halogenated alkanes) is 17. The van der Waals surface area contributed by atoms with Crippen molar-refractivity contribution in [1.82, 2.24) is 0 Å². The summed E-state index contributed by atoms with van der Waals surface area (Å²) in [6.07, 6.45) is 81.7. The van der Waals surface area contributed by atoms with Crippen LogP contribution in [0.15, 0.2) is 134 Å².